The lowest BCUT2D eigenvalue weighted by atomic mass is 9.91. The Hall–Kier alpha value is -0.530. The fraction of sp³-hybridized carbons (Fsp3) is 0.625. The topological polar surface area (TPSA) is 12.0 Å². The molecule has 0 heterocycles. The van der Waals surface area contributed by atoms with E-state index < -0.39 is 0 Å². The van der Waals surface area contributed by atoms with Gasteiger partial charge in [0.2, 0.25) is 0 Å². The first kappa shape index (κ1) is 15.5. The minimum atomic E-state index is 0.426. The molecule has 2 atom stereocenters. The van der Waals surface area contributed by atoms with Gasteiger partial charge in [-0.3, -0.25) is 0 Å². The van der Waals surface area contributed by atoms with Gasteiger partial charge in [-0.2, -0.15) is 0 Å². The fourth-order valence-electron chi connectivity index (χ4n) is 2.57. The monoisotopic (exact) mass is 267 g/mol. The molecule has 102 valence electrons. The Bertz CT molecular complexity index is 362. The van der Waals surface area contributed by atoms with E-state index in [0.717, 1.165) is 17.5 Å². The van der Waals surface area contributed by atoms with Gasteiger partial charge in [-0.1, -0.05) is 51.3 Å². The van der Waals surface area contributed by atoms with Gasteiger partial charge in [0.05, 0.1) is 0 Å². The molecular formula is C16H26ClN. The van der Waals surface area contributed by atoms with Crippen LogP contribution in [0, 0.1) is 12.8 Å². The van der Waals surface area contributed by atoms with Gasteiger partial charge in [-0.15, -0.1) is 0 Å². The second-order valence-electron chi connectivity index (χ2n) is 5.24. The number of nitrogens with one attached hydrogen (secondary N) is 1. The van der Waals surface area contributed by atoms with Gasteiger partial charge in [0.15, 0.2) is 0 Å². The molecule has 18 heavy (non-hydrogen) atoms. The van der Waals surface area contributed by atoms with Gasteiger partial charge in [-0.05, 0) is 49.1 Å². The predicted octanol–water partition coefficient (Wildman–Crippen LogP) is 5.13. The number of benzene rings is 1. The molecule has 1 rings (SSSR count). The summed E-state index contributed by atoms with van der Waals surface area (Å²) in [6.07, 6.45) is 3.74. The Morgan fingerprint density at radius 2 is 2.00 bits per heavy atom. The van der Waals surface area contributed by atoms with Crippen LogP contribution in [0.3, 0.4) is 0 Å². The maximum atomic E-state index is 6.13. The summed E-state index contributed by atoms with van der Waals surface area (Å²) in [5, 5.41) is 4.43. The number of rotatable bonds is 7. The molecule has 0 aliphatic carbocycles. The molecule has 0 saturated heterocycles. The molecule has 1 aromatic rings. The lowest BCUT2D eigenvalue weighted by Gasteiger charge is -2.24. The minimum Gasteiger partial charge on any atom is -0.310 e. The highest BCUT2D eigenvalue weighted by molar-refractivity contribution is 6.30. The summed E-state index contributed by atoms with van der Waals surface area (Å²) >= 11 is 6.13. The van der Waals surface area contributed by atoms with Gasteiger partial charge in [0, 0.05) is 11.1 Å². The molecule has 0 aliphatic rings. The Morgan fingerprint density at radius 1 is 1.28 bits per heavy atom. The second kappa shape index (κ2) is 7.81. The van der Waals surface area contributed by atoms with E-state index in [4.69, 9.17) is 11.6 Å². The second-order valence-corrected chi connectivity index (χ2v) is 5.68. The minimum absolute atomic E-state index is 0.426. The lowest BCUT2D eigenvalue weighted by Crippen LogP contribution is -2.23. The predicted molar refractivity (Wildman–Crippen MR) is 81.3 cm³/mol. The van der Waals surface area contributed by atoms with Crippen molar-refractivity contribution in [1.82, 2.24) is 5.32 Å². The molecule has 1 nitrogen and oxygen atoms in total. The van der Waals surface area contributed by atoms with E-state index in [-0.39, 0.29) is 0 Å². The van der Waals surface area contributed by atoms with Crippen molar-refractivity contribution in [2.75, 3.05) is 6.54 Å². The molecule has 1 N–H and O–H groups in total. The summed E-state index contributed by atoms with van der Waals surface area (Å²) in [4.78, 5) is 0. The summed E-state index contributed by atoms with van der Waals surface area (Å²) in [5.41, 5.74) is 2.68. The van der Waals surface area contributed by atoms with Crippen LogP contribution in [0.2, 0.25) is 5.02 Å². The molecule has 0 saturated carbocycles. The number of aryl methyl sites for hydroxylation is 1. The normalized spacial score (nSPS) is 14.5. The van der Waals surface area contributed by atoms with Crippen molar-refractivity contribution in [3.8, 4) is 0 Å². The number of hydrogen-bond acceptors (Lipinski definition) is 1. The highest BCUT2D eigenvalue weighted by atomic mass is 35.5. The molecule has 0 amide bonds. The zero-order valence-electron chi connectivity index (χ0n) is 12.1. The Balaban J connectivity index is 2.85. The fourth-order valence-corrected chi connectivity index (χ4v) is 2.75. The van der Waals surface area contributed by atoms with Crippen LogP contribution in [0.1, 0.15) is 57.2 Å². The van der Waals surface area contributed by atoms with E-state index in [1.165, 1.54) is 30.4 Å². The van der Waals surface area contributed by atoms with Crippen molar-refractivity contribution in [3.63, 3.8) is 0 Å². The molecule has 2 heteroatoms. The van der Waals surface area contributed by atoms with E-state index in [0.29, 0.717) is 6.04 Å². The molecule has 1 aromatic carbocycles. The Labute approximate surface area is 117 Å². The van der Waals surface area contributed by atoms with Crippen LogP contribution >= 0.6 is 11.6 Å². The summed E-state index contributed by atoms with van der Waals surface area (Å²) in [5.74, 6) is 0.748. The maximum Gasteiger partial charge on any atom is 0.0409 e. The van der Waals surface area contributed by atoms with E-state index in [1.54, 1.807) is 0 Å². The quantitative estimate of drug-likeness (QED) is 0.723. The smallest absolute Gasteiger partial charge is 0.0409 e. The van der Waals surface area contributed by atoms with Gasteiger partial charge in [-0.25, -0.2) is 0 Å². The summed E-state index contributed by atoms with van der Waals surface area (Å²) < 4.78 is 0. The summed E-state index contributed by atoms with van der Waals surface area (Å²) in [6.45, 7) is 9.92. The summed E-state index contributed by atoms with van der Waals surface area (Å²) in [7, 11) is 0. The molecule has 2 unspecified atom stereocenters. The van der Waals surface area contributed by atoms with Crippen LogP contribution in [-0.4, -0.2) is 6.54 Å². The van der Waals surface area contributed by atoms with Crippen molar-refractivity contribution >= 4 is 11.6 Å². The van der Waals surface area contributed by atoms with Crippen molar-refractivity contribution in [2.24, 2.45) is 5.92 Å². The van der Waals surface area contributed by atoms with Gasteiger partial charge >= 0.3 is 0 Å². The molecule has 0 aliphatic heterocycles. The average Bonchev–Trinajstić information content (AvgIpc) is 2.32. The third-order valence-corrected chi connectivity index (χ3v) is 3.72. The highest BCUT2D eigenvalue weighted by Crippen LogP contribution is 2.28. The number of hydrogen-bond donors (Lipinski definition) is 1. The molecule has 0 radical (unpaired) electrons. The van der Waals surface area contributed by atoms with E-state index in [2.05, 4.69) is 45.1 Å². The Kier molecular flexibility index (Phi) is 6.73. The van der Waals surface area contributed by atoms with Crippen molar-refractivity contribution < 1.29 is 0 Å². The molecule has 0 aromatic heterocycles. The zero-order chi connectivity index (χ0) is 13.5. The SMILES string of the molecule is CCCC(C)CC(NCC)c1cc(Cl)ccc1C. The zero-order valence-corrected chi connectivity index (χ0v) is 12.8. The van der Waals surface area contributed by atoms with Crippen molar-refractivity contribution in [2.45, 2.75) is 53.0 Å². The van der Waals surface area contributed by atoms with Crippen LogP contribution < -0.4 is 5.32 Å². The van der Waals surface area contributed by atoms with E-state index in [9.17, 15) is 0 Å². The van der Waals surface area contributed by atoms with Gasteiger partial charge in [0.1, 0.15) is 0 Å². The van der Waals surface area contributed by atoms with Crippen LogP contribution in [0.5, 0.6) is 0 Å². The van der Waals surface area contributed by atoms with Crippen molar-refractivity contribution in [3.05, 3.63) is 34.3 Å². The maximum absolute atomic E-state index is 6.13. The molecule has 0 bridgehead atoms. The first-order valence-corrected chi connectivity index (χ1v) is 7.45. The first-order chi connectivity index (χ1) is 8.58. The molecular weight excluding hydrogens is 242 g/mol. The molecule has 0 fully saturated rings. The highest BCUT2D eigenvalue weighted by Gasteiger charge is 2.16. The first-order valence-electron chi connectivity index (χ1n) is 7.07. The molecule has 0 spiro atoms. The van der Waals surface area contributed by atoms with Crippen molar-refractivity contribution in [1.29, 1.82) is 0 Å². The van der Waals surface area contributed by atoms with Crippen LogP contribution in [0.15, 0.2) is 18.2 Å². The van der Waals surface area contributed by atoms with Gasteiger partial charge in [0.25, 0.3) is 0 Å². The lowest BCUT2D eigenvalue weighted by molar-refractivity contribution is 0.394. The average molecular weight is 268 g/mol. The van der Waals surface area contributed by atoms with Crippen LogP contribution in [-0.2, 0) is 0 Å². The largest absolute Gasteiger partial charge is 0.310 e. The standard InChI is InChI=1S/C16H26ClN/c1-5-7-12(3)10-16(18-6-2)15-11-14(17)9-8-13(15)4/h8-9,11-12,16,18H,5-7,10H2,1-4H3. The van der Waals surface area contributed by atoms with Crippen LogP contribution in [0.25, 0.3) is 0 Å². The van der Waals surface area contributed by atoms with E-state index >= 15 is 0 Å². The van der Waals surface area contributed by atoms with Crippen LogP contribution in [0.4, 0.5) is 0 Å². The number of halogens is 1. The summed E-state index contributed by atoms with van der Waals surface area (Å²) in [6, 6.07) is 6.63. The third-order valence-electron chi connectivity index (χ3n) is 3.49. The van der Waals surface area contributed by atoms with E-state index in [1.807, 2.05) is 6.07 Å². The third kappa shape index (κ3) is 4.62. The Morgan fingerprint density at radius 3 is 2.61 bits per heavy atom. The van der Waals surface area contributed by atoms with Gasteiger partial charge < -0.3 is 5.32 Å².